The van der Waals surface area contributed by atoms with Crippen molar-refractivity contribution in [3.8, 4) is 0 Å². The van der Waals surface area contributed by atoms with Gasteiger partial charge in [0.15, 0.2) is 0 Å². The highest BCUT2D eigenvalue weighted by atomic mass is 16.2. The van der Waals surface area contributed by atoms with Gasteiger partial charge in [-0.05, 0) is 25.8 Å². The van der Waals surface area contributed by atoms with E-state index in [0.717, 1.165) is 25.5 Å². The van der Waals surface area contributed by atoms with Crippen LogP contribution < -0.4 is 11.1 Å². The fourth-order valence-corrected chi connectivity index (χ4v) is 1.31. The molecule has 1 unspecified atom stereocenters. The Balaban J connectivity index is 3.65. The third-order valence-corrected chi connectivity index (χ3v) is 2.21. The van der Waals surface area contributed by atoms with E-state index in [1.165, 1.54) is 0 Å². The topological polar surface area (TPSA) is 89.3 Å². The average Bonchev–Trinajstić information content (AvgIpc) is 2.30. The maximum atomic E-state index is 11.3. The second kappa shape index (κ2) is 10.3. The summed E-state index contributed by atoms with van der Waals surface area (Å²) in [7, 11) is 0. The number of hydrogen-bond acceptors (Lipinski definition) is 4. The van der Waals surface area contributed by atoms with E-state index in [2.05, 4.69) is 5.32 Å². The molecular weight excluding hydrogens is 208 g/mol. The van der Waals surface area contributed by atoms with Crippen LogP contribution in [0.4, 0.5) is 0 Å². The maximum absolute atomic E-state index is 11.3. The molecule has 0 aromatic carbocycles. The van der Waals surface area contributed by atoms with Crippen LogP contribution in [0.25, 0.3) is 0 Å². The summed E-state index contributed by atoms with van der Waals surface area (Å²) in [6.07, 6.45) is 5.09. The van der Waals surface area contributed by atoms with Gasteiger partial charge in [0.2, 0.25) is 5.91 Å². The third kappa shape index (κ3) is 8.11. The van der Waals surface area contributed by atoms with Gasteiger partial charge in [0.1, 0.15) is 12.6 Å². The van der Waals surface area contributed by atoms with E-state index in [1.54, 1.807) is 0 Å². The lowest BCUT2D eigenvalue weighted by atomic mass is 10.1. The van der Waals surface area contributed by atoms with Gasteiger partial charge in [0, 0.05) is 12.8 Å². The molecule has 0 aliphatic heterocycles. The van der Waals surface area contributed by atoms with Crippen molar-refractivity contribution in [1.29, 1.82) is 0 Å². The standard InChI is InChI=1S/C11H20N2O3/c12-7-3-1-2-6-11(16)13-10(9-15)5-4-8-14/h8-10H,1-7,12H2,(H,13,16). The Morgan fingerprint density at radius 3 is 2.56 bits per heavy atom. The molecule has 0 aromatic heterocycles. The normalized spacial score (nSPS) is 11.8. The summed E-state index contributed by atoms with van der Waals surface area (Å²) >= 11 is 0. The molecule has 92 valence electrons. The monoisotopic (exact) mass is 228 g/mol. The first-order chi connectivity index (χ1) is 7.74. The first kappa shape index (κ1) is 14.8. The van der Waals surface area contributed by atoms with Crippen molar-refractivity contribution in [3.05, 3.63) is 0 Å². The lowest BCUT2D eigenvalue weighted by Crippen LogP contribution is -2.35. The predicted octanol–water partition coefficient (Wildman–Crippen LogP) is 0.168. The fourth-order valence-electron chi connectivity index (χ4n) is 1.31. The highest BCUT2D eigenvalue weighted by Gasteiger charge is 2.10. The number of amides is 1. The Kier molecular flexibility index (Phi) is 9.50. The van der Waals surface area contributed by atoms with Crippen LogP contribution in [0.1, 0.15) is 38.5 Å². The first-order valence-corrected chi connectivity index (χ1v) is 5.63. The van der Waals surface area contributed by atoms with Gasteiger partial charge in [-0.3, -0.25) is 4.79 Å². The van der Waals surface area contributed by atoms with Gasteiger partial charge in [0.05, 0.1) is 6.04 Å². The minimum atomic E-state index is -0.535. The zero-order valence-electron chi connectivity index (χ0n) is 9.48. The Hall–Kier alpha value is -1.23. The molecule has 0 bridgehead atoms. The Labute approximate surface area is 95.8 Å². The van der Waals surface area contributed by atoms with E-state index in [0.29, 0.717) is 25.7 Å². The quantitative estimate of drug-likeness (QED) is 0.412. The summed E-state index contributed by atoms with van der Waals surface area (Å²) in [6, 6.07) is -0.535. The van der Waals surface area contributed by atoms with Crippen molar-refractivity contribution in [2.45, 2.75) is 44.6 Å². The van der Waals surface area contributed by atoms with Crippen LogP contribution >= 0.6 is 0 Å². The van der Waals surface area contributed by atoms with Crippen molar-refractivity contribution in [2.75, 3.05) is 6.54 Å². The Morgan fingerprint density at radius 2 is 2.00 bits per heavy atom. The van der Waals surface area contributed by atoms with Gasteiger partial charge in [-0.25, -0.2) is 0 Å². The summed E-state index contributed by atoms with van der Waals surface area (Å²) in [5.74, 6) is -0.139. The Morgan fingerprint density at radius 1 is 1.25 bits per heavy atom. The number of hydrogen-bond donors (Lipinski definition) is 2. The van der Waals surface area contributed by atoms with Crippen molar-refractivity contribution in [1.82, 2.24) is 5.32 Å². The van der Waals surface area contributed by atoms with E-state index >= 15 is 0 Å². The van der Waals surface area contributed by atoms with Gasteiger partial charge in [-0.15, -0.1) is 0 Å². The van der Waals surface area contributed by atoms with Gasteiger partial charge >= 0.3 is 0 Å². The SMILES string of the molecule is NCCCCCC(=O)NC(C=O)CCC=O. The smallest absolute Gasteiger partial charge is 0.220 e. The molecule has 16 heavy (non-hydrogen) atoms. The van der Waals surface area contributed by atoms with E-state index in [4.69, 9.17) is 5.73 Å². The molecule has 3 N–H and O–H groups in total. The molecule has 5 heteroatoms. The van der Waals surface area contributed by atoms with Crippen LogP contribution in [0.2, 0.25) is 0 Å². The number of aldehydes is 2. The van der Waals surface area contributed by atoms with E-state index in [1.807, 2.05) is 0 Å². The molecule has 0 saturated carbocycles. The minimum Gasteiger partial charge on any atom is -0.347 e. The largest absolute Gasteiger partial charge is 0.347 e. The third-order valence-electron chi connectivity index (χ3n) is 2.21. The second-order valence-corrected chi connectivity index (χ2v) is 3.65. The molecule has 0 spiro atoms. The molecule has 0 radical (unpaired) electrons. The van der Waals surface area contributed by atoms with E-state index < -0.39 is 6.04 Å². The lowest BCUT2D eigenvalue weighted by Gasteiger charge is -2.10. The van der Waals surface area contributed by atoms with Gasteiger partial charge in [-0.1, -0.05) is 6.42 Å². The van der Waals surface area contributed by atoms with Gasteiger partial charge in [0.25, 0.3) is 0 Å². The fraction of sp³-hybridized carbons (Fsp3) is 0.727. The van der Waals surface area contributed by atoms with Crippen molar-refractivity contribution >= 4 is 18.5 Å². The lowest BCUT2D eigenvalue weighted by molar-refractivity contribution is -0.124. The zero-order chi connectivity index (χ0) is 12.2. The molecule has 0 fully saturated rings. The number of carbonyl (C=O) groups excluding carboxylic acids is 3. The molecule has 1 atom stereocenters. The van der Waals surface area contributed by atoms with Crippen molar-refractivity contribution in [2.24, 2.45) is 5.73 Å². The molecule has 1 amide bonds. The van der Waals surface area contributed by atoms with E-state index in [-0.39, 0.29) is 12.3 Å². The zero-order valence-corrected chi connectivity index (χ0v) is 9.48. The van der Waals surface area contributed by atoms with Crippen molar-refractivity contribution < 1.29 is 14.4 Å². The molecular formula is C11H20N2O3. The van der Waals surface area contributed by atoms with Crippen molar-refractivity contribution in [3.63, 3.8) is 0 Å². The van der Waals surface area contributed by atoms with Gasteiger partial charge in [-0.2, -0.15) is 0 Å². The first-order valence-electron chi connectivity index (χ1n) is 5.63. The number of nitrogens with two attached hydrogens (primary N) is 1. The number of nitrogens with one attached hydrogen (secondary N) is 1. The predicted molar refractivity (Wildman–Crippen MR) is 60.8 cm³/mol. The molecule has 0 saturated heterocycles. The highest BCUT2D eigenvalue weighted by molar-refractivity contribution is 5.79. The summed E-state index contributed by atoms with van der Waals surface area (Å²) in [5.41, 5.74) is 5.32. The maximum Gasteiger partial charge on any atom is 0.220 e. The molecule has 0 rings (SSSR count). The Bertz CT molecular complexity index is 219. The average molecular weight is 228 g/mol. The molecule has 0 aliphatic rings. The van der Waals surface area contributed by atoms with Crippen LogP contribution in [0.5, 0.6) is 0 Å². The molecule has 0 aliphatic carbocycles. The highest BCUT2D eigenvalue weighted by Crippen LogP contribution is 2.00. The number of unbranched alkanes of at least 4 members (excludes halogenated alkanes) is 2. The van der Waals surface area contributed by atoms with Crippen LogP contribution in [-0.4, -0.2) is 31.1 Å². The van der Waals surface area contributed by atoms with Crippen LogP contribution in [-0.2, 0) is 14.4 Å². The molecule has 0 aromatic rings. The molecule has 5 nitrogen and oxygen atoms in total. The summed E-state index contributed by atoms with van der Waals surface area (Å²) in [5, 5.41) is 2.58. The van der Waals surface area contributed by atoms with Crippen LogP contribution in [0, 0.1) is 0 Å². The number of rotatable bonds is 10. The second-order valence-electron chi connectivity index (χ2n) is 3.65. The number of carbonyl (C=O) groups is 3. The van der Waals surface area contributed by atoms with Gasteiger partial charge < -0.3 is 20.6 Å². The summed E-state index contributed by atoms with van der Waals surface area (Å²) < 4.78 is 0. The summed E-state index contributed by atoms with van der Waals surface area (Å²) in [6.45, 7) is 0.637. The van der Waals surface area contributed by atoms with Crippen LogP contribution in [0.15, 0.2) is 0 Å². The summed E-state index contributed by atoms with van der Waals surface area (Å²) in [4.78, 5) is 32.0. The van der Waals surface area contributed by atoms with Crippen LogP contribution in [0.3, 0.4) is 0 Å². The molecule has 0 heterocycles. The van der Waals surface area contributed by atoms with E-state index in [9.17, 15) is 14.4 Å². The minimum absolute atomic E-state index is 0.139.